The minimum Gasteiger partial charge on any atom is -0.322 e. The number of aryl methyl sites for hydroxylation is 2. The first-order valence-electron chi connectivity index (χ1n) is 8.91. The van der Waals surface area contributed by atoms with Gasteiger partial charge in [0.1, 0.15) is 0 Å². The number of hydrogen-bond acceptors (Lipinski definition) is 3. The normalized spacial score (nSPS) is 11.2. The standard InChI is InChI=1S/C22H21ClN2O3S/c1-15-4-11-20(12-5-15)29(27,28)25(3)21-13-6-17(14-16(21)2)22(26)24-19-9-7-18(23)8-10-19/h4-14H,1-3H3,(H,24,26). The van der Waals surface area contributed by atoms with E-state index in [-0.39, 0.29) is 10.8 Å². The second kappa shape index (κ2) is 8.27. The zero-order valence-electron chi connectivity index (χ0n) is 16.3. The molecule has 0 aliphatic carbocycles. The molecule has 150 valence electrons. The average molecular weight is 429 g/mol. The van der Waals surface area contributed by atoms with Gasteiger partial charge in [0, 0.05) is 23.3 Å². The third-order valence-electron chi connectivity index (χ3n) is 4.58. The van der Waals surface area contributed by atoms with Crippen molar-refractivity contribution in [2.75, 3.05) is 16.7 Å². The molecule has 0 fully saturated rings. The summed E-state index contributed by atoms with van der Waals surface area (Å²) in [6, 6.07) is 18.4. The number of sulfonamides is 1. The van der Waals surface area contributed by atoms with Crippen molar-refractivity contribution < 1.29 is 13.2 Å². The highest BCUT2D eigenvalue weighted by molar-refractivity contribution is 7.92. The number of rotatable bonds is 5. The summed E-state index contributed by atoms with van der Waals surface area (Å²) < 4.78 is 27.1. The highest BCUT2D eigenvalue weighted by Gasteiger charge is 2.23. The quantitative estimate of drug-likeness (QED) is 0.619. The van der Waals surface area contributed by atoms with Crippen LogP contribution in [-0.4, -0.2) is 21.4 Å². The van der Waals surface area contributed by atoms with Crippen LogP contribution in [0.4, 0.5) is 11.4 Å². The largest absolute Gasteiger partial charge is 0.322 e. The second-order valence-electron chi connectivity index (χ2n) is 6.75. The van der Waals surface area contributed by atoms with E-state index in [2.05, 4.69) is 5.32 Å². The Morgan fingerprint density at radius 2 is 1.55 bits per heavy atom. The fraction of sp³-hybridized carbons (Fsp3) is 0.136. The maximum atomic E-state index is 12.9. The van der Waals surface area contributed by atoms with Crippen molar-refractivity contribution in [1.29, 1.82) is 0 Å². The van der Waals surface area contributed by atoms with Crippen LogP contribution in [0.5, 0.6) is 0 Å². The number of benzene rings is 3. The molecule has 0 atom stereocenters. The molecule has 0 bridgehead atoms. The van der Waals surface area contributed by atoms with E-state index in [4.69, 9.17) is 11.6 Å². The molecule has 0 saturated heterocycles. The number of carbonyl (C=O) groups excluding carboxylic acids is 1. The number of nitrogens with one attached hydrogen (secondary N) is 1. The predicted octanol–water partition coefficient (Wildman–Crippen LogP) is 5.03. The van der Waals surface area contributed by atoms with Crippen LogP contribution in [0.1, 0.15) is 21.5 Å². The van der Waals surface area contributed by atoms with Crippen LogP contribution >= 0.6 is 11.6 Å². The molecule has 0 heterocycles. The fourth-order valence-corrected chi connectivity index (χ4v) is 4.27. The SMILES string of the molecule is Cc1ccc(S(=O)(=O)N(C)c2ccc(C(=O)Nc3ccc(Cl)cc3)cc2C)cc1. The van der Waals surface area contributed by atoms with E-state index >= 15 is 0 Å². The van der Waals surface area contributed by atoms with Gasteiger partial charge in [0.15, 0.2) is 0 Å². The second-order valence-corrected chi connectivity index (χ2v) is 9.15. The van der Waals surface area contributed by atoms with E-state index in [9.17, 15) is 13.2 Å². The van der Waals surface area contributed by atoms with Crippen LogP contribution in [0.15, 0.2) is 71.6 Å². The minimum absolute atomic E-state index is 0.217. The summed E-state index contributed by atoms with van der Waals surface area (Å²) in [4.78, 5) is 12.7. The van der Waals surface area contributed by atoms with Crippen molar-refractivity contribution in [2.24, 2.45) is 0 Å². The van der Waals surface area contributed by atoms with Gasteiger partial charge in [-0.2, -0.15) is 0 Å². The molecule has 0 aliphatic heterocycles. The Hall–Kier alpha value is -2.83. The van der Waals surface area contributed by atoms with Crippen LogP contribution in [0.2, 0.25) is 5.02 Å². The van der Waals surface area contributed by atoms with E-state index in [0.29, 0.717) is 27.5 Å². The Kier molecular flexibility index (Phi) is 5.96. The van der Waals surface area contributed by atoms with Crippen LogP contribution in [0.25, 0.3) is 0 Å². The van der Waals surface area contributed by atoms with Crippen LogP contribution in [-0.2, 0) is 10.0 Å². The van der Waals surface area contributed by atoms with Crippen molar-refractivity contribution in [3.05, 3.63) is 88.4 Å². The van der Waals surface area contributed by atoms with E-state index in [0.717, 1.165) is 5.56 Å². The van der Waals surface area contributed by atoms with E-state index < -0.39 is 10.0 Å². The van der Waals surface area contributed by atoms with Crippen molar-refractivity contribution in [3.63, 3.8) is 0 Å². The Morgan fingerprint density at radius 3 is 2.14 bits per heavy atom. The molecule has 0 saturated carbocycles. The van der Waals surface area contributed by atoms with Gasteiger partial charge in [0.05, 0.1) is 10.6 Å². The monoisotopic (exact) mass is 428 g/mol. The third-order valence-corrected chi connectivity index (χ3v) is 6.62. The molecular weight excluding hydrogens is 408 g/mol. The zero-order chi connectivity index (χ0) is 21.2. The topological polar surface area (TPSA) is 66.5 Å². The number of anilines is 2. The Labute approximate surface area is 176 Å². The Morgan fingerprint density at radius 1 is 0.931 bits per heavy atom. The number of halogens is 1. The predicted molar refractivity (Wildman–Crippen MR) is 117 cm³/mol. The van der Waals surface area contributed by atoms with Crippen molar-refractivity contribution in [3.8, 4) is 0 Å². The van der Waals surface area contributed by atoms with Gasteiger partial charge in [-0.05, 0) is 74.0 Å². The first-order valence-corrected chi connectivity index (χ1v) is 10.7. The van der Waals surface area contributed by atoms with Gasteiger partial charge < -0.3 is 5.32 Å². The Balaban J connectivity index is 1.83. The smallest absolute Gasteiger partial charge is 0.264 e. The molecule has 29 heavy (non-hydrogen) atoms. The molecule has 0 aromatic heterocycles. The van der Waals surface area contributed by atoms with Gasteiger partial charge >= 0.3 is 0 Å². The van der Waals surface area contributed by atoms with Crippen LogP contribution < -0.4 is 9.62 Å². The first-order chi connectivity index (χ1) is 13.7. The first kappa shape index (κ1) is 20.9. The number of amides is 1. The Bertz CT molecular complexity index is 1140. The van der Waals surface area contributed by atoms with E-state index in [1.165, 1.54) is 11.4 Å². The van der Waals surface area contributed by atoms with Crippen LogP contribution in [0, 0.1) is 13.8 Å². The van der Waals surface area contributed by atoms with Crippen molar-refractivity contribution in [2.45, 2.75) is 18.7 Å². The lowest BCUT2D eigenvalue weighted by atomic mass is 10.1. The van der Waals surface area contributed by atoms with Crippen molar-refractivity contribution >= 4 is 38.9 Å². The molecule has 1 N–H and O–H groups in total. The molecule has 3 aromatic carbocycles. The van der Waals surface area contributed by atoms with Gasteiger partial charge in [-0.3, -0.25) is 9.10 Å². The molecular formula is C22H21ClN2O3S. The molecule has 3 aromatic rings. The zero-order valence-corrected chi connectivity index (χ0v) is 17.9. The minimum atomic E-state index is -3.70. The average Bonchev–Trinajstić information content (AvgIpc) is 2.69. The van der Waals surface area contributed by atoms with Crippen LogP contribution in [0.3, 0.4) is 0 Å². The van der Waals surface area contributed by atoms with Gasteiger partial charge in [0.25, 0.3) is 15.9 Å². The highest BCUT2D eigenvalue weighted by atomic mass is 35.5. The van der Waals surface area contributed by atoms with E-state index in [1.54, 1.807) is 73.7 Å². The lowest BCUT2D eigenvalue weighted by molar-refractivity contribution is 0.102. The summed E-state index contributed by atoms with van der Waals surface area (Å²) in [6.07, 6.45) is 0. The van der Waals surface area contributed by atoms with Gasteiger partial charge in [0.2, 0.25) is 0 Å². The summed E-state index contributed by atoms with van der Waals surface area (Å²) in [5.74, 6) is -0.286. The summed E-state index contributed by atoms with van der Waals surface area (Å²) in [6.45, 7) is 3.67. The molecule has 0 unspecified atom stereocenters. The number of nitrogens with zero attached hydrogens (tertiary/aromatic N) is 1. The molecule has 7 heteroatoms. The lowest BCUT2D eigenvalue weighted by Crippen LogP contribution is -2.27. The molecule has 0 spiro atoms. The fourth-order valence-electron chi connectivity index (χ4n) is 2.88. The highest BCUT2D eigenvalue weighted by Crippen LogP contribution is 2.26. The summed E-state index contributed by atoms with van der Waals surface area (Å²) in [7, 11) is -2.19. The molecule has 1 amide bonds. The van der Waals surface area contributed by atoms with Gasteiger partial charge in [-0.15, -0.1) is 0 Å². The summed E-state index contributed by atoms with van der Waals surface area (Å²) in [5, 5.41) is 3.38. The third kappa shape index (κ3) is 4.60. The van der Waals surface area contributed by atoms with Crippen molar-refractivity contribution in [1.82, 2.24) is 0 Å². The summed E-state index contributed by atoms with van der Waals surface area (Å²) >= 11 is 5.86. The van der Waals surface area contributed by atoms with E-state index in [1.807, 2.05) is 6.92 Å². The number of hydrogen-bond donors (Lipinski definition) is 1. The molecule has 0 aliphatic rings. The summed E-state index contributed by atoms with van der Waals surface area (Å²) in [5.41, 5.74) is 3.22. The van der Waals surface area contributed by atoms with Gasteiger partial charge in [-0.1, -0.05) is 29.3 Å². The number of carbonyl (C=O) groups is 1. The van der Waals surface area contributed by atoms with Gasteiger partial charge in [-0.25, -0.2) is 8.42 Å². The molecule has 5 nitrogen and oxygen atoms in total. The molecule has 0 radical (unpaired) electrons. The lowest BCUT2D eigenvalue weighted by Gasteiger charge is -2.22. The molecule has 3 rings (SSSR count). The maximum absolute atomic E-state index is 12.9. The maximum Gasteiger partial charge on any atom is 0.264 e.